The summed E-state index contributed by atoms with van der Waals surface area (Å²) in [5, 5.41) is 9.46. The standard InChI is InChI=1S/C19H23F6NO3S/c1-5-12-26(30(28,29)14(4)7-6-13(2)3)16-10-8-15(9-11-16)17(27,18(20,21)22)19(23,24)25/h6-11,27H,5,12H2,1-4H3/b14-7+. The number of alkyl halides is 6. The maximum Gasteiger partial charge on any atom is 0.430 e. The zero-order chi connectivity index (χ0) is 23.5. The van der Waals surface area contributed by atoms with Crippen molar-refractivity contribution in [1.82, 2.24) is 0 Å². The van der Waals surface area contributed by atoms with Gasteiger partial charge in [-0.3, -0.25) is 4.31 Å². The van der Waals surface area contributed by atoms with Crippen LogP contribution in [-0.4, -0.2) is 32.4 Å². The minimum absolute atomic E-state index is 0.0511. The predicted octanol–water partition coefficient (Wildman–Crippen LogP) is 5.42. The molecule has 1 rings (SSSR count). The Labute approximate surface area is 171 Å². The molecule has 0 aliphatic carbocycles. The van der Waals surface area contributed by atoms with E-state index >= 15 is 0 Å². The molecule has 0 aliphatic rings. The number of rotatable bonds is 7. The van der Waals surface area contributed by atoms with Crippen molar-refractivity contribution in [2.75, 3.05) is 10.8 Å². The highest BCUT2D eigenvalue weighted by Crippen LogP contribution is 2.50. The van der Waals surface area contributed by atoms with Crippen molar-refractivity contribution in [3.63, 3.8) is 0 Å². The highest BCUT2D eigenvalue weighted by atomic mass is 32.2. The van der Waals surface area contributed by atoms with E-state index in [1.807, 2.05) is 0 Å². The number of nitrogens with zero attached hydrogens (tertiary/aromatic N) is 1. The lowest BCUT2D eigenvalue weighted by Crippen LogP contribution is -2.53. The molecule has 0 bridgehead atoms. The fraction of sp³-hybridized carbons (Fsp3) is 0.474. The summed E-state index contributed by atoms with van der Waals surface area (Å²) in [5.41, 5.74) is -5.84. The second-order valence-corrected chi connectivity index (χ2v) is 8.89. The van der Waals surface area contributed by atoms with Crippen LogP contribution >= 0.6 is 0 Å². The molecule has 0 aromatic heterocycles. The van der Waals surface area contributed by atoms with Crippen molar-refractivity contribution in [3.05, 3.63) is 52.5 Å². The molecule has 0 saturated carbocycles. The van der Waals surface area contributed by atoms with E-state index in [4.69, 9.17) is 0 Å². The molecule has 1 aromatic rings. The van der Waals surface area contributed by atoms with Crippen LogP contribution in [0.2, 0.25) is 0 Å². The van der Waals surface area contributed by atoms with Crippen LogP contribution in [0.5, 0.6) is 0 Å². The smallest absolute Gasteiger partial charge is 0.369 e. The lowest BCUT2D eigenvalue weighted by atomic mass is 9.92. The van der Waals surface area contributed by atoms with Crippen LogP contribution in [0.3, 0.4) is 0 Å². The van der Waals surface area contributed by atoms with Gasteiger partial charge in [-0.15, -0.1) is 0 Å². The van der Waals surface area contributed by atoms with E-state index in [0.29, 0.717) is 18.6 Å². The second-order valence-electron chi connectivity index (χ2n) is 6.85. The number of aliphatic hydroxyl groups is 1. The molecule has 170 valence electrons. The summed E-state index contributed by atoms with van der Waals surface area (Å²) in [5.74, 6) is 0. The Balaban J connectivity index is 3.50. The highest BCUT2D eigenvalue weighted by molar-refractivity contribution is 7.96. The minimum atomic E-state index is -6.02. The van der Waals surface area contributed by atoms with Crippen molar-refractivity contribution in [2.45, 2.75) is 52.1 Å². The lowest BCUT2D eigenvalue weighted by molar-refractivity contribution is -0.376. The molecule has 0 heterocycles. The van der Waals surface area contributed by atoms with E-state index < -0.39 is 33.5 Å². The van der Waals surface area contributed by atoms with Crippen LogP contribution in [0.15, 0.2) is 46.9 Å². The Morgan fingerprint density at radius 3 is 1.80 bits per heavy atom. The number of sulfonamides is 1. The van der Waals surface area contributed by atoms with Gasteiger partial charge in [-0.05, 0) is 45.4 Å². The first-order chi connectivity index (χ1) is 13.5. The SMILES string of the molecule is CCCN(c1ccc(C(O)(C(F)(F)F)C(F)(F)F)cc1)S(=O)(=O)/C(C)=C/C=C(C)C. The number of anilines is 1. The topological polar surface area (TPSA) is 57.6 Å². The Morgan fingerprint density at radius 1 is 0.967 bits per heavy atom. The molecule has 0 spiro atoms. The van der Waals surface area contributed by atoms with Gasteiger partial charge in [-0.25, -0.2) is 8.42 Å². The molecule has 0 atom stereocenters. The van der Waals surface area contributed by atoms with E-state index in [2.05, 4.69) is 0 Å². The van der Waals surface area contributed by atoms with Gasteiger partial charge in [0.05, 0.1) is 10.6 Å². The quantitative estimate of drug-likeness (QED) is 0.438. The number of benzene rings is 1. The first-order valence-corrected chi connectivity index (χ1v) is 10.2. The van der Waals surface area contributed by atoms with Crippen LogP contribution < -0.4 is 4.31 Å². The first-order valence-electron chi connectivity index (χ1n) is 8.81. The van der Waals surface area contributed by atoms with Crippen molar-refractivity contribution in [2.24, 2.45) is 0 Å². The Hall–Kier alpha value is -2.01. The molecular weight excluding hydrogens is 436 g/mol. The summed E-state index contributed by atoms with van der Waals surface area (Å²) >= 11 is 0. The summed E-state index contributed by atoms with van der Waals surface area (Å²) in [6.45, 7) is 6.45. The summed E-state index contributed by atoms with van der Waals surface area (Å²) in [7, 11) is -4.07. The third-order valence-electron chi connectivity index (χ3n) is 4.17. The number of hydrogen-bond donors (Lipinski definition) is 1. The fourth-order valence-electron chi connectivity index (χ4n) is 2.49. The summed E-state index contributed by atoms with van der Waals surface area (Å²) in [4.78, 5) is -0.0525. The van der Waals surface area contributed by atoms with E-state index in [0.717, 1.165) is 22.0 Å². The normalized spacial score (nSPS) is 13.9. The fourth-order valence-corrected chi connectivity index (χ4v) is 3.90. The minimum Gasteiger partial charge on any atom is -0.369 e. The number of halogens is 6. The number of hydrogen-bond acceptors (Lipinski definition) is 3. The maximum atomic E-state index is 13.0. The Morgan fingerprint density at radius 2 is 1.43 bits per heavy atom. The van der Waals surface area contributed by atoms with E-state index in [1.54, 1.807) is 26.8 Å². The lowest BCUT2D eigenvalue weighted by Gasteiger charge is -2.33. The van der Waals surface area contributed by atoms with E-state index in [9.17, 15) is 39.9 Å². The molecule has 0 fully saturated rings. The molecule has 0 aliphatic heterocycles. The second kappa shape index (κ2) is 9.01. The van der Waals surface area contributed by atoms with Crippen molar-refractivity contribution in [1.29, 1.82) is 0 Å². The Bertz CT molecular complexity index is 882. The molecule has 11 heteroatoms. The van der Waals surface area contributed by atoms with Crippen molar-refractivity contribution < 1.29 is 39.9 Å². The van der Waals surface area contributed by atoms with Crippen molar-refractivity contribution in [3.8, 4) is 0 Å². The van der Waals surface area contributed by atoms with Gasteiger partial charge in [-0.1, -0.05) is 30.7 Å². The van der Waals surface area contributed by atoms with Gasteiger partial charge < -0.3 is 5.11 Å². The monoisotopic (exact) mass is 459 g/mol. The first kappa shape index (κ1) is 26.0. The zero-order valence-electron chi connectivity index (χ0n) is 16.8. The zero-order valence-corrected chi connectivity index (χ0v) is 17.6. The molecular formula is C19H23F6NO3S. The molecule has 0 saturated heterocycles. The van der Waals surface area contributed by atoms with Crippen LogP contribution in [0, 0.1) is 0 Å². The van der Waals surface area contributed by atoms with Crippen LogP contribution in [0.25, 0.3) is 0 Å². The summed E-state index contributed by atoms with van der Waals surface area (Å²) < 4.78 is 105. The van der Waals surface area contributed by atoms with Crippen LogP contribution in [0.1, 0.15) is 39.7 Å². The maximum absolute atomic E-state index is 13.0. The van der Waals surface area contributed by atoms with Gasteiger partial charge >= 0.3 is 12.4 Å². The summed E-state index contributed by atoms with van der Waals surface area (Å²) in [6, 6.07) is 2.45. The third-order valence-corrected chi connectivity index (χ3v) is 6.09. The van der Waals surface area contributed by atoms with Gasteiger partial charge in [0.15, 0.2) is 0 Å². The predicted molar refractivity (Wildman–Crippen MR) is 102 cm³/mol. The average molecular weight is 459 g/mol. The third kappa shape index (κ3) is 5.18. The highest BCUT2D eigenvalue weighted by Gasteiger charge is 2.71. The molecule has 1 N–H and O–H groups in total. The number of allylic oxidation sites excluding steroid dienone is 4. The van der Waals surface area contributed by atoms with E-state index in [1.165, 1.54) is 13.0 Å². The molecule has 4 nitrogen and oxygen atoms in total. The van der Waals surface area contributed by atoms with Gasteiger partial charge in [-0.2, -0.15) is 26.3 Å². The van der Waals surface area contributed by atoms with Gasteiger partial charge in [0.2, 0.25) is 0 Å². The summed E-state index contributed by atoms with van der Waals surface area (Å²) in [6.07, 6.45) is -8.79. The largest absolute Gasteiger partial charge is 0.430 e. The molecule has 1 aromatic carbocycles. The Kier molecular flexibility index (Phi) is 7.81. The molecule has 0 unspecified atom stereocenters. The molecule has 30 heavy (non-hydrogen) atoms. The van der Waals surface area contributed by atoms with Crippen LogP contribution in [-0.2, 0) is 15.6 Å². The van der Waals surface area contributed by atoms with Gasteiger partial charge in [0.1, 0.15) is 0 Å². The van der Waals surface area contributed by atoms with E-state index in [-0.39, 0.29) is 17.1 Å². The van der Waals surface area contributed by atoms with Gasteiger partial charge in [0.25, 0.3) is 15.6 Å². The molecule has 0 radical (unpaired) electrons. The molecule has 0 amide bonds. The van der Waals surface area contributed by atoms with Gasteiger partial charge in [0, 0.05) is 12.1 Å². The van der Waals surface area contributed by atoms with Crippen molar-refractivity contribution >= 4 is 15.7 Å². The van der Waals surface area contributed by atoms with Crippen LogP contribution in [0.4, 0.5) is 32.0 Å². The average Bonchev–Trinajstić information content (AvgIpc) is 2.61.